The molecule has 2 heterocycles. The van der Waals surface area contributed by atoms with Gasteiger partial charge in [-0.05, 0) is 11.1 Å². The second-order valence-electron chi connectivity index (χ2n) is 5.15. The van der Waals surface area contributed by atoms with Crippen molar-refractivity contribution < 1.29 is 18.9 Å². The van der Waals surface area contributed by atoms with E-state index in [-0.39, 0.29) is 0 Å². The Morgan fingerprint density at radius 1 is 1.00 bits per heavy atom. The molecule has 1 aromatic carbocycles. The molecule has 0 radical (unpaired) electrons. The van der Waals surface area contributed by atoms with Crippen LogP contribution >= 0.6 is 0 Å². The minimum atomic E-state index is 0.300. The summed E-state index contributed by atoms with van der Waals surface area (Å²) in [6.07, 6.45) is 2.73. The molecule has 2 unspecified atom stereocenters. The van der Waals surface area contributed by atoms with Gasteiger partial charge in [0.2, 0.25) is 0 Å². The molecule has 2 fully saturated rings. The molecular formula is C16H20O4. The fourth-order valence-electron chi connectivity index (χ4n) is 1.88. The van der Waals surface area contributed by atoms with Gasteiger partial charge in [0.1, 0.15) is 12.2 Å². The first-order chi connectivity index (χ1) is 9.90. The van der Waals surface area contributed by atoms with Crippen molar-refractivity contribution in [1.29, 1.82) is 0 Å². The zero-order valence-electron chi connectivity index (χ0n) is 11.5. The van der Waals surface area contributed by atoms with E-state index in [4.69, 9.17) is 18.9 Å². The molecule has 0 N–H and O–H groups in total. The van der Waals surface area contributed by atoms with Crippen molar-refractivity contribution in [3.05, 3.63) is 41.5 Å². The highest BCUT2D eigenvalue weighted by atomic mass is 16.6. The van der Waals surface area contributed by atoms with E-state index in [9.17, 15) is 0 Å². The lowest BCUT2D eigenvalue weighted by Gasteiger charge is -2.09. The van der Waals surface area contributed by atoms with Crippen molar-refractivity contribution >= 4 is 6.08 Å². The Kier molecular flexibility index (Phi) is 4.82. The summed E-state index contributed by atoms with van der Waals surface area (Å²) in [4.78, 5) is 0. The number of rotatable bonds is 9. The van der Waals surface area contributed by atoms with E-state index in [0.717, 1.165) is 18.8 Å². The van der Waals surface area contributed by atoms with Gasteiger partial charge in [-0.3, -0.25) is 0 Å². The van der Waals surface area contributed by atoms with Crippen LogP contribution in [-0.2, 0) is 18.9 Å². The molecule has 0 aromatic heterocycles. The second-order valence-corrected chi connectivity index (χ2v) is 5.15. The maximum atomic E-state index is 5.66. The van der Waals surface area contributed by atoms with E-state index in [1.807, 2.05) is 18.2 Å². The van der Waals surface area contributed by atoms with E-state index in [0.29, 0.717) is 38.6 Å². The van der Waals surface area contributed by atoms with E-state index in [2.05, 4.69) is 18.2 Å². The van der Waals surface area contributed by atoms with Gasteiger partial charge in [0.15, 0.2) is 0 Å². The van der Waals surface area contributed by atoms with Gasteiger partial charge >= 0.3 is 0 Å². The van der Waals surface area contributed by atoms with E-state index in [1.165, 1.54) is 5.56 Å². The van der Waals surface area contributed by atoms with Crippen LogP contribution in [0.1, 0.15) is 5.56 Å². The molecular weight excluding hydrogens is 256 g/mol. The van der Waals surface area contributed by atoms with Crippen LogP contribution in [0.15, 0.2) is 35.9 Å². The molecule has 20 heavy (non-hydrogen) atoms. The first-order valence-electron chi connectivity index (χ1n) is 7.03. The minimum absolute atomic E-state index is 0.300. The van der Waals surface area contributed by atoms with Gasteiger partial charge in [0.25, 0.3) is 0 Å². The summed E-state index contributed by atoms with van der Waals surface area (Å²) in [5, 5.41) is 0. The van der Waals surface area contributed by atoms with Crippen molar-refractivity contribution in [2.24, 2.45) is 0 Å². The second kappa shape index (κ2) is 6.99. The summed E-state index contributed by atoms with van der Waals surface area (Å²) in [6, 6.07) is 10.2. The maximum Gasteiger partial charge on any atom is 0.104 e. The topological polar surface area (TPSA) is 43.5 Å². The van der Waals surface area contributed by atoms with Gasteiger partial charge in [-0.2, -0.15) is 0 Å². The highest BCUT2D eigenvalue weighted by Crippen LogP contribution is 2.13. The lowest BCUT2D eigenvalue weighted by molar-refractivity contribution is 0.103. The molecule has 2 saturated heterocycles. The molecule has 2 atom stereocenters. The first kappa shape index (κ1) is 13.8. The van der Waals surface area contributed by atoms with Crippen LogP contribution in [0.3, 0.4) is 0 Å². The van der Waals surface area contributed by atoms with Crippen molar-refractivity contribution in [3.8, 4) is 0 Å². The maximum absolute atomic E-state index is 5.66. The number of ether oxygens (including phenoxy) is 4. The van der Waals surface area contributed by atoms with Gasteiger partial charge < -0.3 is 18.9 Å². The Labute approximate surface area is 119 Å². The van der Waals surface area contributed by atoms with Gasteiger partial charge in [-0.15, -0.1) is 0 Å². The lowest BCUT2D eigenvalue weighted by Crippen LogP contribution is -2.11. The van der Waals surface area contributed by atoms with Crippen LogP contribution in [0.5, 0.6) is 0 Å². The third-order valence-electron chi connectivity index (χ3n) is 3.16. The molecule has 0 bridgehead atoms. The SMILES string of the molecule is C(=C(COCC1CO1)COCC1CO1)c1ccccc1. The third-order valence-corrected chi connectivity index (χ3v) is 3.16. The van der Waals surface area contributed by atoms with Gasteiger partial charge in [-0.25, -0.2) is 0 Å². The molecule has 2 aliphatic heterocycles. The zero-order chi connectivity index (χ0) is 13.6. The smallest absolute Gasteiger partial charge is 0.104 e. The van der Waals surface area contributed by atoms with Crippen LogP contribution in [0.25, 0.3) is 6.08 Å². The summed E-state index contributed by atoms with van der Waals surface area (Å²) in [5.74, 6) is 0. The van der Waals surface area contributed by atoms with E-state index in [1.54, 1.807) is 0 Å². The molecule has 0 spiro atoms. The summed E-state index contributed by atoms with van der Waals surface area (Å²) >= 11 is 0. The molecule has 1 aromatic rings. The van der Waals surface area contributed by atoms with Crippen LogP contribution in [0.4, 0.5) is 0 Å². The van der Waals surface area contributed by atoms with Crippen LogP contribution in [0, 0.1) is 0 Å². The van der Waals surface area contributed by atoms with E-state index < -0.39 is 0 Å². The van der Waals surface area contributed by atoms with Gasteiger partial charge in [0, 0.05) is 0 Å². The highest BCUT2D eigenvalue weighted by Gasteiger charge is 2.23. The Morgan fingerprint density at radius 2 is 1.55 bits per heavy atom. The third kappa shape index (κ3) is 5.06. The first-order valence-corrected chi connectivity index (χ1v) is 7.03. The number of hydrogen-bond donors (Lipinski definition) is 0. The largest absolute Gasteiger partial charge is 0.374 e. The number of benzene rings is 1. The van der Waals surface area contributed by atoms with Crippen molar-refractivity contribution in [1.82, 2.24) is 0 Å². The minimum Gasteiger partial charge on any atom is -0.374 e. The van der Waals surface area contributed by atoms with Gasteiger partial charge in [0.05, 0.1) is 39.6 Å². The zero-order valence-corrected chi connectivity index (χ0v) is 11.5. The molecule has 2 aliphatic rings. The predicted molar refractivity (Wildman–Crippen MR) is 75.5 cm³/mol. The molecule has 0 saturated carbocycles. The Morgan fingerprint density at radius 3 is 2.05 bits per heavy atom. The molecule has 0 amide bonds. The summed E-state index contributed by atoms with van der Waals surface area (Å²) < 4.78 is 21.6. The van der Waals surface area contributed by atoms with Crippen LogP contribution in [0.2, 0.25) is 0 Å². The Balaban J connectivity index is 1.50. The highest BCUT2D eigenvalue weighted by molar-refractivity contribution is 5.52. The number of hydrogen-bond acceptors (Lipinski definition) is 4. The fourth-order valence-corrected chi connectivity index (χ4v) is 1.88. The molecule has 4 nitrogen and oxygen atoms in total. The van der Waals surface area contributed by atoms with Crippen LogP contribution in [-0.4, -0.2) is 51.8 Å². The quantitative estimate of drug-likeness (QED) is 0.646. The molecule has 0 aliphatic carbocycles. The lowest BCUT2D eigenvalue weighted by atomic mass is 10.1. The average Bonchev–Trinajstić information content (AvgIpc) is 3.35. The summed E-state index contributed by atoms with van der Waals surface area (Å²) in [7, 11) is 0. The van der Waals surface area contributed by atoms with Crippen molar-refractivity contribution in [2.75, 3.05) is 39.6 Å². The Bertz CT molecular complexity index is 415. The summed E-state index contributed by atoms with van der Waals surface area (Å²) in [5.41, 5.74) is 2.30. The average molecular weight is 276 g/mol. The van der Waals surface area contributed by atoms with Gasteiger partial charge in [-0.1, -0.05) is 36.4 Å². The molecule has 3 rings (SSSR count). The fraction of sp³-hybridized carbons (Fsp3) is 0.500. The van der Waals surface area contributed by atoms with Crippen molar-refractivity contribution in [3.63, 3.8) is 0 Å². The monoisotopic (exact) mass is 276 g/mol. The molecule has 4 heteroatoms. The normalized spacial score (nSPS) is 23.4. The van der Waals surface area contributed by atoms with Crippen LogP contribution < -0.4 is 0 Å². The summed E-state index contributed by atoms with van der Waals surface area (Å²) in [6.45, 7) is 4.15. The standard InChI is InChI=1S/C16H20O4/c1-2-4-13(5-3-1)6-14(7-17-9-15-11-19-15)8-18-10-16-12-20-16/h1-6,15-16H,7-12H2. The Hall–Kier alpha value is -1.20. The molecule has 108 valence electrons. The van der Waals surface area contributed by atoms with Crippen molar-refractivity contribution in [2.45, 2.75) is 12.2 Å². The van der Waals surface area contributed by atoms with E-state index >= 15 is 0 Å². The number of epoxide rings is 2. The predicted octanol–water partition coefficient (Wildman–Crippen LogP) is 1.90.